The summed E-state index contributed by atoms with van der Waals surface area (Å²) >= 11 is 0. The molecule has 1 atom stereocenters. The molecule has 0 aromatic carbocycles. The Morgan fingerprint density at radius 1 is 0.667 bits per heavy atom. The van der Waals surface area contributed by atoms with Crippen molar-refractivity contribution in [3.05, 3.63) is 0 Å². The van der Waals surface area contributed by atoms with Gasteiger partial charge in [-0.15, -0.1) is 0 Å². The summed E-state index contributed by atoms with van der Waals surface area (Å²) in [6.07, 6.45) is 1.33. The van der Waals surface area contributed by atoms with E-state index in [-0.39, 0.29) is 32.7 Å². The molecule has 0 fully saturated rings. The largest absolute Gasteiger partial charge is 0.437 e. The molecular formula is C17H45O7Si5Y. The third-order valence-electron chi connectivity index (χ3n) is 3.20. The van der Waals surface area contributed by atoms with Gasteiger partial charge in [-0.05, 0) is 71.9 Å². The molecule has 0 bridgehead atoms. The Morgan fingerprint density at radius 2 is 1.23 bits per heavy atom. The minimum Gasteiger partial charge on any atom is -0.437 e. The molecular weight excluding hydrogens is 546 g/mol. The fourth-order valence-electron chi connectivity index (χ4n) is 2.90. The Labute approximate surface area is 216 Å². The minimum atomic E-state index is -2.62. The molecule has 0 aliphatic rings. The molecule has 2 radical (unpaired) electrons. The van der Waals surface area contributed by atoms with Gasteiger partial charge in [-0.1, -0.05) is 0 Å². The molecule has 0 saturated carbocycles. The van der Waals surface area contributed by atoms with Gasteiger partial charge in [0.2, 0.25) is 0 Å². The van der Waals surface area contributed by atoms with Crippen LogP contribution in [-0.4, -0.2) is 82.8 Å². The number of rotatable bonds is 17. The van der Waals surface area contributed by atoms with Gasteiger partial charge in [0.05, 0.1) is 19.4 Å². The zero-order valence-corrected chi connectivity index (χ0v) is 29.0. The summed E-state index contributed by atoms with van der Waals surface area (Å²) in [5.41, 5.74) is 0. The van der Waals surface area contributed by atoms with Gasteiger partial charge >= 0.3 is 26.4 Å². The van der Waals surface area contributed by atoms with Crippen LogP contribution >= 0.6 is 0 Å². The quantitative estimate of drug-likeness (QED) is 0.186. The first-order chi connectivity index (χ1) is 13.1. The first-order valence-corrected chi connectivity index (χ1v) is 24.3. The molecule has 0 aromatic heterocycles. The Bertz CT molecular complexity index is 449. The summed E-state index contributed by atoms with van der Waals surface area (Å²) in [5.74, 6) is 0. The van der Waals surface area contributed by atoms with Gasteiger partial charge in [-0.3, -0.25) is 0 Å². The SMILES string of the molecule is COCCCOCCOC[Si](C)(O[Si](C)O[Si](C)(C)C)O[Si](C)(C)O[Si](C)(C)C.[Y]. The van der Waals surface area contributed by atoms with Gasteiger partial charge in [0.15, 0.2) is 16.6 Å². The fraction of sp³-hybridized carbons (Fsp3) is 1.00. The molecule has 1 unspecified atom stereocenters. The first-order valence-electron chi connectivity index (χ1n) is 10.3. The normalized spacial score (nSPS) is 15.2. The second-order valence-corrected chi connectivity index (χ2v) is 27.7. The van der Waals surface area contributed by atoms with E-state index in [9.17, 15) is 0 Å². The molecule has 0 saturated heterocycles. The third kappa shape index (κ3) is 20.5. The second-order valence-electron chi connectivity index (χ2n) is 9.67. The van der Waals surface area contributed by atoms with Crippen molar-refractivity contribution >= 4 is 43.0 Å². The zero-order valence-electron chi connectivity index (χ0n) is 21.2. The summed E-state index contributed by atoms with van der Waals surface area (Å²) in [6.45, 7) is 23.8. The zero-order chi connectivity index (χ0) is 22.8. The van der Waals surface area contributed by atoms with Crippen LogP contribution in [0.4, 0.5) is 0 Å². The van der Waals surface area contributed by atoms with Crippen LogP contribution in [0.2, 0.25) is 65.5 Å². The van der Waals surface area contributed by atoms with Crippen molar-refractivity contribution in [2.75, 3.05) is 39.8 Å². The molecule has 0 spiro atoms. The van der Waals surface area contributed by atoms with E-state index < -0.39 is 43.0 Å². The van der Waals surface area contributed by atoms with E-state index in [1.165, 1.54) is 0 Å². The molecule has 0 aliphatic heterocycles. The number of hydrogen-bond acceptors (Lipinski definition) is 7. The van der Waals surface area contributed by atoms with Crippen molar-refractivity contribution < 1.29 is 63.4 Å². The molecule has 13 heteroatoms. The van der Waals surface area contributed by atoms with Crippen molar-refractivity contribution in [1.82, 2.24) is 0 Å². The minimum absolute atomic E-state index is 0. The van der Waals surface area contributed by atoms with E-state index >= 15 is 0 Å². The van der Waals surface area contributed by atoms with Crippen molar-refractivity contribution in [1.29, 1.82) is 0 Å². The smallest absolute Gasteiger partial charge is 0.360 e. The summed E-state index contributed by atoms with van der Waals surface area (Å²) < 4.78 is 42.1. The molecule has 30 heavy (non-hydrogen) atoms. The number of methoxy groups -OCH3 is 1. The van der Waals surface area contributed by atoms with E-state index in [2.05, 4.69) is 58.9 Å². The van der Waals surface area contributed by atoms with Crippen LogP contribution in [-0.2, 0) is 63.4 Å². The van der Waals surface area contributed by atoms with Gasteiger partial charge in [0.25, 0.3) is 0 Å². The van der Waals surface area contributed by atoms with Crippen molar-refractivity contribution in [2.45, 2.75) is 71.9 Å². The van der Waals surface area contributed by atoms with E-state index in [1.807, 2.05) is 6.55 Å². The maximum atomic E-state index is 6.59. The van der Waals surface area contributed by atoms with Crippen molar-refractivity contribution in [3.63, 3.8) is 0 Å². The Morgan fingerprint density at radius 3 is 1.73 bits per heavy atom. The Balaban J connectivity index is 0. The standard InChI is InChI=1S/C17H45O7Si5.Y/c1-18-13-12-14-19-15-16-20-17-29(11,22-25(2)21-26(3,4)5)24-28(9,10)23-27(6,7)8;/h12-17H2,1-11H3;. The molecule has 178 valence electrons. The topological polar surface area (TPSA) is 64.6 Å². The predicted molar refractivity (Wildman–Crippen MR) is 130 cm³/mol. The molecule has 0 rings (SSSR count). The van der Waals surface area contributed by atoms with Crippen LogP contribution in [0, 0.1) is 0 Å². The second kappa shape index (κ2) is 15.7. The average Bonchev–Trinajstić information content (AvgIpc) is 2.44. The molecule has 0 aliphatic carbocycles. The van der Waals surface area contributed by atoms with Crippen molar-refractivity contribution in [2.24, 2.45) is 0 Å². The molecule has 0 N–H and O–H groups in total. The summed E-state index contributed by atoms with van der Waals surface area (Å²) in [7, 11) is -8.09. The van der Waals surface area contributed by atoms with E-state index in [0.29, 0.717) is 32.7 Å². The molecule has 0 heterocycles. The monoisotopic (exact) mass is 590 g/mol. The number of hydrogen-bond donors (Lipinski definition) is 0. The number of ether oxygens (including phenoxy) is 3. The van der Waals surface area contributed by atoms with Crippen LogP contribution in [0.15, 0.2) is 0 Å². The van der Waals surface area contributed by atoms with E-state index in [0.717, 1.165) is 6.42 Å². The van der Waals surface area contributed by atoms with Crippen LogP contribution in [0.25, 0.3) is 0 Å². The fourth-order valence-corrected chi connectivity index (χ4v) is 21.4. The Hall–Kier alpha value is 1.91. The van der Waals surface area contributed by atoms with Gasteiger partial charge in [-0.25, -0.2) is 0 Å². The summed E-state index contributed by atoms with van der Waals surface area (Å²) in [5, 5.41) is 0. The van der Waals surface area contributed by atoms with Gasteiger partial charge in [0.1, 0.15) is 0 Å². The summed E-state index contributed by atoms with van der Waals surface area (Å²) in [4.78, 5) is 0. The molecule has 7 nitrogen and oxygen atoms in total. The van der Waals surface area contributed by atoms with Gasteiger partial charge in [0, 0.05) is 53.0 Å². The predicted octanol–water partition coefficient (Wildman–Crippen LogP) is 4.22. The third-order valence-corrected chi connectivity index (χ3v) is 18.5. The van der Waals surface area contributed by atoms with E-state index in [1.54, 1.807) is 7.11 Å². The molecule has 0 amide bonds. The summed E-state index contributed by atoms with van der Waals surface area (Å²) in [6, 6.07) is 0. The maximum absolute atomic E-state index is 6.59. The van der Waals surface area contributed by atoms with E-state index in [4.69, 9.17) is 30.7 Å². The molecule has 0 aromatic rings. The van der Waals surface area contributed by atoms with Crippen molar-refractivity contribution in [3.8, 4) is 0 Å². The van der Waals surface area contributed by atoms with Crippen LogP contribution in [0.5, 0.6) is 0 Å². The van der Waals surface area contributed by atoms with Crippen LogP contribution in [0.1, 0.15) is 6.42 Å². The Kier molecular flexibility index (Phi) is 17.9. The first kappa shape index (κ1) is 34.1. The van der Waals surface area contributed by atoms with Gasteiger partial charge < -0.3 is 30.7 Å². The maximum Gasteiger partial charge on any atom is 0.360 e. The average molecular weight is 591 g/mol. The van der Waals surface area contributed by atoms with Crippen LogP contribution < -0.4 is 0 Å². The van der Waals surface area contributed by atoms with Gasteiger partial charge in [-0.2, -0.15) is 0 Å². The van der Waals surface area contributed by atoms with Crippen LogP contribution in [0.3, 0.4) is 0 Å².